The maximum atomic E-state index is 11.5. The summed E-state index contributed by atoms with van der Waals surface area (Å²) >= 11 is 0. The minimum Gasteiger partial charge on any atom is -0.352 e. The van der Waals surface area contributed by atoms with Crippen LogP contribution in [0.15, 0.2) is 25.3 Å². The van der Waals surface area contributed by atoms with Gasteiger partial charge in [0, 0.05) is 12.6 Å². The number of nitrogens with one attached hydrogen (secondary N) is 2. The number of carbonyl (C=O) groups is 2. The number of rotatable bonds is 5. The van der Waals surface area contributed by atoms with Crippen LogP contribution in [0.5, 0.6) is 0 Å². The highest BCUT2D eigenvalue weighted by Gasteiger charge is 2.41. The number of amides is 2. The third kappa shape index (κ3) is 4.83. The fourth-order valence-electron chi connectivity index (χ4n) is 3.50. The molecule has 0 aromatic rings. The van der Waals surface area contributed by atoms with Crippen LogP contribution in [-0.2, 0) is 9.59 Å². The fraction of sp³-hybridized carbons (Fsp3) is 0.625. The van der Waals surface area contributed by atoms with Gasteiger partial charge < -0.3 is 10.6 Å². The molecule has 1 saturated carbocycles. The molecule has 0 radical (unpaired) electrons. The Morgan fingerprint density at radius 2 is 1.75 bits per heavy atom. The van der Waals surface area contributed by atoms with Gasteiger partial charge in [-0.3, -0.25) is 9.59 Å². The van der Waals surface area contributed by atoms with Gasteiger partial charge in [0.2, 0.25) is 11.8 Å². The standard InChI is InChI=1S/C16H26N2O2/c1-6-13(19)17-11-16(5)9-12(18-14(20)7-2)8-15(3,4)10-16/h6-7,12H,1-2,8-11H2,3-5H3,(H,17,19)(H,18,20)/t12-,16+/m1/s1. The lowest BCUT2D eigenvalue weighted by Gasteiger charge is -2.46. The van der Waals surface area contributed by atoms with E-state index in [1.807, 2.05) is 0 Å². The lowest BCUT2D eigenvalue weighted by atomic mass is 9.62. The summed E-state index contributed by atoms with van der Waals surface area (Å²) < 4.78 is 0. The van der Waals surface area contributed by atoms with Crippen LogP contribution < -0.4 is 10.6 Å². The fourth-order valence-corrected chi connectivity index (χ4v) is 3.50. The number of carbonyl (C=O) groups excluding carboxylic acids is 2. The Balaban J connectivity index is 2.74. The first kappa shape index (κ1) is 16.5. The first-order chi connectivity index (χ1) is 9.19. The first-order valence-electron chi connectivity index (χ1n) is 7.03. The van der Waals surface area contributed by atoms with E-state index in [9.17, 15) is 9.59 Å². The summed E-state index contributed by atoms with van der Waals surface area (Å²) in [5, 5.41) is 5.87. The SMILES string of the molecule is C=CC(=O)NC[C@@]1(C)C[C@H](NC(=O)C=C)CC(C)(C)C1. The first-order valence-corrected chi connectivity index (χ1v) is 7.03. The van der Waals surface area contributed by atoms with Crippen LogP contribution in [0.4, 0.5) is 0 Å². The molecule has 0 spiro atoms. The minimum absolute atomic E-state index is 0.0282. The molecule has 112 valence electrons. The molecule has 0 heterocycles. The van der Waals surface area contributed by atoms with Crippen molar-refractivity contribution in [3.8, 4) is 0 Å². The molecule has 20 heavy (non-hydrogen) atoms. The van der Waals surface area contributed by atoms with Crippen LogP contribution >= 0.6 is 0 Å². The second kappa shape index (κ2) is 6.25. The molecule has 2 atom stereocenters. The van der Waals surface area contributed by atoms with E-state index in [-0.39, 0.29) is 28.7 Å². The average molecular weight is 278 g/mol. The maximum absolute atomic E-state index is 11.5. The second-order valence-corrected chi connectivity index (χ2v) is 6.89. The van der Waals surface area contributed by atoms with E-state index in [1.54, 1.807) is 0 Å². The van der Waals surface area contributed by atoms with Crippen molar-refractivity contribution < 1.29 is 9.59 Å². The van der Waals surface area contributed by atoms with Crippen LogP contribution in [0.25, 0.3) is 0 Å². The summed E-state index contributed by atoms with van der Waals surface area (Å²) in [6.07, 6.45) is 5.40. The lowest BCUT2D eigenvalue weighted by molar-refractivity contribution is -0.119. The molecular formula is C16H26N2O2. The van der Waals surface area contributed by atoms with E-state index in [4.69, 9.17) is 0 Å². The smallest absolute Gasteiger partial charge is 0.243 e. The van der Waals surface area contributed by atoms with Crippen molar-refractivity contribution >= 4 is 11.8 Å². The van der Waals surface area contributed by atoms with Gasteiger partial charge >= 0.3 is 0 Å². The highest BCUT2D eigenvalue weighted by atomic mass is 16.2. The van der Waals surface area contributed by atoms with Gasteiger partial charge in [-0.25, -0.2) is 0 Å². The molecule has 1 fully saturated rings. The molecule has 2 N–H and O–H groups in total. The maximum Gasteiger partial charge on any atom is 0.243 e. The van der Waals surface area contributed by atoms with Crippen LogP contribution in [0, 0.1) is 10.8 Å². The van der Waals surface area contributed by atoms with Crippen molar-refractivity contribution in [1.82, 2.24) is 10.6 Å². The van der Waals surface area contributed by atoms with Gasteiger partial charge in [-0.1, -0.05) is 33.9 Å². The van der Waals surface area contributed by atoms with E-state index < -0.39 is 0 Å². The molecule has 0 bridgehead atoms. The summed E-state index contributed by atoms with van der Waals surface area (Å²) in [5.41, 5.74) is 0.102. The highest BCUT2D eigenvalue weighted by Crippen LogP contribution is 2.45. The molecule has 2 amide bonds. The monoisotopic (exact) mass is 278 g/mol. The normalized spacial score (nSPS) is 28.2. The van der Waals surface area contributed by atoms with Gasteiger partial charge in [-0.15, -0.1) is 0 Å². The molecule has 1 aliphatic rings. The van der Waals surface area contributed by atoms with E-state index in [0.717, 1.165) is 19.3 Å². The number of hydrogen-bond donors (Lipinski definition) is 2. The summed E-state index contributed by atoms with van der Waals surface area (Å²) in [7, 11) is 0. The molecule has 1 rings (SSSR count). The Kier molecular flexibility index (Phi) is 5.15. The largest absolute Gasteiger partial charge is 0.352 e. The highest BCUT2D eigenvalue weighted by molar-refractivity contribution is 5.87. The van der Waals surface area contributed by atoms with Gasteiger partial charge in [-0.05, 0) is 42.2 Å². The van der Waals surface area contributed by atoms with E-state index in [1.165, 1.54) is 12.2 Å². The van der Waals surface area contributed by atoms with Gasteiger partial charge in [0.25, 0.3) is 0 Å². The quantitative estimate of drug-likeness (QED) is 0.757. The van der Waals surface area contributed by atoms with Crippen LogP contribution in [0.3, 0.4) is 0 Å². The summed E-state index contributed by atoms with van der Waals surface area (Å²) in [4.78, 5) is 22.9. The Morgan fingerprint density at radius 3 is 2.30 bits per heavy atom. The zero-order valence-electron chi connectivity index (χ0n) is 12.8. The van der Waals surface area contributed by atoms with E-state index >= 15 is 0 Å². The van der Waals surface area contributed by atoms with E-state index in [2.05, 4.69) is 44.6 Å². The average Bonchev–Trinajstić information content (AvgIpc) is 2.33. The van der Waals surface area contributed by atoms with Gasteiger partial charge in [0.15, 0.2) is 0 Å². The van der Waals surface area contributed by atoms with Crippen molar-refractivity contribution in [1.29, 1.82) is 0 Å². The predicted molar refractivity (Wildman–Crippen MR) is 81.1 cm³/mol. The summed E-state index contributed by atoms with van der Waals surface area (Å²) in [6.45, 7) is 14.1. The molecule has 4 heteroatoms. The molecule has 0 aromatic carbocycles. The van der Waals surface area contributed by atoms with Crippen LogP contribution in [0.1, 0.15) is 40.0 Å². The molecule has 0 saturated heterocycles. The van der Waals surface area contributed by atoms with Crippen molar-refractivity contribution in [2.45, 2.75) is 46.1 Å². The Hall–Kier alpha value is -1.58. The lowest BCUT2D eigenvalue weighted by Crippen LogP contribution is -2.50. The Labute approximate surface area is 121 Å². The zero-order chi connectivity index (χ0) is 15.4. The molecule has 4 nitrogen and oxygen atoms in total. The van der Waals surface area contributed by atoms with Crippen molar-refractivity contribution in [3.05, 3.63) is 25.3 Å². The minimum atomic E-state index is -0.152. The summed E-state index contributed by atoms with van der Waals surface area (Å²) in [6, 6.07) is 0.120. The Bertz CT molecular complexity index is 415. The Morgan fingerprint density at radius 1 is 1.15 bits per heavy atom. The molecule has 1 aliphatic carbocycles. The zero-order valence-corrected chi connectivity index (χ0v) is 12.8. The van der Waals surface area contributed by atoms with E-state index in [0.29, 0.717) is 6.54 Å². The van der Waals surface area contributed by atoms with Crippen molar-refractivity contribution in [3.63, 3.8) is 0 Å². The van der Waals surface area contributed by atoms with Crippen molar-refractivity contribution in [2.24, 2.45) is 10.8 Å². The topological polar surface area (TPSA) is 58.2 Å². The number of hydrogen-bond acceptors (Lipinski definition) is 2. The van der Waals surface area contributed by atoms with Gasteiger partial charge in [0.05, 0.1) is 0 Å². The van der Waals surface area contributed by atoms with Crippen LogP contribution in [-0.4, -0.2) is 24.4 Å². The molecule has 0 unspecified atom stereocenters. The predicted octanol–water partition coefficient (Wildman–Crippen LogP) is 2.18. The van der Waals surface area contributed by atoms with Crippen LogP contribution in [0.2, 0.25) is 0 Å². The molecule has 0 aromatic heterocycles. The van der Waals surface area contributed by atoms with Crippen molar-refractivity contribution in [2.75, 3.05) is 6.54 Å². The van der Waals surface area contributed by atoms with Gasteiger partial charge in [0.1, 0.15) is 0 Å². The molecule has 0 aliphatic heterocycles. The second-order valence-electron chi connectivity index (χ2n) is 6.89. The molecular weight excluding hydrogens is 252 g/mol. The third-order valence-electron chi connectivity index (χ3n) is 3.85. The third-order valence-corrected chi connectivity index (χ3v) is 3.85. The summed E-state index contributed by atoms with van der Waals surface area (Å²) in [5.74, 6) is -0.286. The van der Waals surface area contributed by atoms with Gasteiger partial charge in [-0.2, -0.15) is 0 Å².